The molecule has 1 amide bonds. The molecular formula is C24H24N2O4. The maximum atomic E-state index is 13.1. The minimum atomic E-state index is -1.90. The smallest absolute Gasteiger partial charge is 0.366 e. The number of nitrogens with one attached hydrogen (secondary N) is 1. The number of fused-ring (bicyclic) bond motifs is 1. The standard InChI is InChI=1S/C24H24N2O4/c1-16-20-14-18(10-11-19(20)21(27)30-26-16)25-22(28)24(29,15-23(2,3)4)13-12-17-8-6-5-7-9-17/h5-11,14,29H,15H2,1-4H3,(H,25,28). The van der Waals surface area contributed by atoms with E-state index in [9.17, 15) is 14.7 Å². The monoisotopic (exact) mass is 404 g/mol. The fourth-order valence-electron chi connectivity index (χ4n) is 3.19. The summed E-state index contributed by atoms with van der Waals surface area (Å²) < 4.78 is 4.72. The molecule has 2 N–H and O–H groups in total. The highest BCUT2D eigenvalue weighted by Crippen LogP contribution is 2.29. The van der Waals surface area contributed by atoms with Gasteiger partial charge in [-0.15, -0.1) is 0 Å². The van der Waals surface area contributed by atoms with Gasteiger partial charge in [-0.1, -0.05) is 56.0 Å². The lowest BCUT2D eigenvalue weighted by molar-refractivity contribution is -0.131. The van der Waals surface area contributed by atoms with Crippen LogP contribution in [0.1, 0.15) is 38.4 Å². The quantitative estimate of drug-likeness (QED) is 0.650. The second-order valence-corrected chi connectivity index (χ2v) is 8.48. The van der Waals surface area contributed by atoms with Gasteiger partial charge < -0.3 is 14.9 Å². The molecule has 2 aromatic carbocycles. The number of aromatic nitrogens is 1. The Morgan fingerprint density at radius 3 is 2.50 bits per heavy atom. The van der Waals surface area contributed by atoms with Crippen molar-refractivity contribution in [1.82, 2.24) is 5.16 Å². The molecule has 1 aromatic heterocycles. The maximum Gasteiger partial charge on any atom is 0.366 e. The number of hydrogen-bond donors (Lipinski definition) is 2. The van der Waals surface area contributed by atoms with Gasteiger partial charge in [0.2, 0.25) is 5.60 Å². The SMILES string of the molecule is Cc1noc(=O)c2ccc(NC(=O)C(O)(C#Cc3ccccc3)CC(C)(C)C)cc12. The summed E-state index contributed by atoms with van der Waals surface area (Å²) in [6.45, 7) is 7.50. The predicted molar refractivity (Wildman–Crippen MR) is 116 cm³/mol. The van der Waals surface area contributed by atoms with Crippen molar-refractivity contribution >= 4 is 22.4 Å². The second-order valence-electron chi connectivity index (χ2n) is 8.48. The molecule has 154 valence electrons. The number of nitrogens with zero attached hydrogens (tertiary/aromatic N) is 1. The average Bonchev–Trinajstić information content (AvgIpc) is 2.69. The number of carbonyl (C=O) groups excluding carboxylic acids is 1. The van der Waals surface area contributed by atoms with E-state index in [1.165, 1.54) is 0 Å². The van der Waals surface area contributed by atoms with Crippen molar-refractivity contribution in [2.24, 2.45) is 5.41 Å². The first-order chi connectivity index (χ1) is 14.1. The van der Waals surface area contributed by atoms with E-state index >= 15 is 0 Å². The van der Waals surface area contributed by atoms with Crippen LogP contribution in [0, 0.1) is 24.2 Å². The lowest BCUT2D eigenvalue weighted by atomic mass is 9.81. The molecule has 3 rings (SSSR count). The Kier molecular flexibility index (Phi) is 5.77. The number of amides is 1. The molecule has 1 atom stereocenters. The molecule has 6 nitrogen and oxygen atoms in total. The van der Waals surface area contributed by atoms with E-state index < -0.39 is 17.1 Å². The van der Waals surface area contributed by atoms with Gasteiger partial charge in [0.15, 0.2) is 0 Å². The summed E-state index contributed by atoms with van der Waals surface area (Å²) in [7, 11) is 0. The van der Waals surface area contributed by atoms with Gasteiger partial charge in [-0.2, -0.15) is 0 Å². The number of rotatable bonds is 3. The fraction of sp³-hybridized carbons (Fsp3) is 0.292. The van der Waals surface area contributed by atoms with E-state index in [-0.39, 0.29) is 11.8 Å². The first kappa shape index (κ1) is 21.3. The molecule has 0 aliphatic heterocycles. The van der Waals surface area contributed by atoms with Gasteiger partial charge in [0.1, 0.15) is 0 Å². The van der Waals surface area contributed by atoms with Crippen LogP contribution in [0.3, 0.4) is 0 Å². The highest BCUT2D eigenvalue weighted by molar-refractivity contribution is 6.01. The molecule has 6 heteroatoms. The zero-order chi connectivity index (χ0) is 21.9. The van der Waals surface area contributed by atoms with Crippen LogP contribution in [0.15, 0.2) is 57.8 Å². The highest BCUT2D eigenvalue weighted by Gasteiger charge is 2.38. The lowest BCUT2D eigenvalue weighted by Gasteiger charge is -2.29. The van der Waals surface area contributed by atoms with E-state index in [1.54, 1.807) is 25.1 Å². The summed E-state index contributed by atoms with van der Waals surface area (Å²) in [5.74, 6) is 5.03. The maximum absolute atomic E-state index is 13.1. The minimum absolute atomic E-state index is 0.142. The summed E-state index contributed by atoms with van der Waals surface area (Å²) >= 11 is 0. The van der Waals surface area contributed by atoms with E-state index in [2.05, 4.69) is 22.3 Å². The van der Waals surface area contributed by atoms with Crippen LogP contribution in [0.4, 0.5) is 5.69 Å². The number of anilines is 1. The Labute approximate surface area is 174 Å². The molecule has 0 radical (unpaired) electrons. The summed E-state index contributed by atoms with van der Waals surface area (Å²) in [4.78, 5) is 24.9. The molecule has 30 heavy (non-hydrogen) atoms. The van der Waals surface area contributed by atoms with Crippen molar-refractivity contribution in [2.75, 3.05) is 5.32 Å². The van der Waals surface area contributed by atoms with E-state index in [4.69, 9.17) is 4.52 Å². The number of aliphatic hydroxyl groups is 1. The van der Waals surface area contributed by atoms with Crippen LogP contribution in [-0.2, 0) is 4.79 Å². The van der Waals surface area contributed by atoms with Crippen molar-refractivity contribution in [1.29, 1.82) is 0 Å². The average molecular weight is 404 g/mol. The Morgan fingerprint density at radius 2 is 1.83 bits per heavy atom. The zero-order valence-corrected chi connectivity index (χ0v) is 17.4. The second kappa shape index (κ2) is 8.13. The summed E-state index contributed by atoms with van der Waals surface area (Å²) in [6.07, 6.45) is 0.142. The number of benzene rings is 2. The molecule has 0 aliphatic carbocycles. The van der Waals surface area contributed by atoms with Crippen molar-refractivity contribution in [3.8, 4) is 11.8 Å². The van der Waals surface area contributed by atoms with Gasteiger partial charge in [0, 0.05) is 23.1 Å². The molecule has 1 unspecified atom stereocenters. The largest absolute Gasteiger partial charge is 0.369 e. The molecule has 0 aliphatic rings. The molecule has 3 aromatic rings. The Hall–Kier alpha value is -3.43. The summed E-state index contributed by atoms with van der Waals surface area (Å²) in [5, 5.41) is 18.6. The molecule has 0 spiro atoms. The van der Waals surface area contributed by atoms with Gasteiger partial charge in [0.25, 0.3) is 5.91 Å². The fourth-order valence-corrected chi connectivity index (χ4v) is 3.19. The summed E-state index contributed by atoms with van der Waals surface area (Å²) in [5.41, 5.74) is -1.14. The van der Waals surface area contributed by atoms with Crippen LogP contribution in [0.5, 0.6) is 0 Å². The van der Waals surface area contributed by atoms with Gasteiger partial charge >= 0.3 is 5.63 Å². The molecule has 0 bridgehead atoms. The molecule has 0 saturated carbocycles. The highest BCUT2D eigenvalue weighted by atomic mass is 16.5. The van der Waals surface area contributed by atoms with Crippen molar-refractivity contribution in [3.05, 3.63) is 70.2 Å². The zero-order valence-electron chi connectivity index (χ0n) is 17.4. The Bertz CT molecular complexity index is 1200. The van der Waals surface area contributed by atoms with Crippen LogP contribution in [0.25, 0.3) is 10.8 Å². The molecule has 1 heterocycles. The van der Waals surface area contributed by atoms with E-state index in [1.807, 2.05) is 51.1 Å². The topological polar surface area (TPSA) is 92.4 Å². The molecule has 0 fully saturated rings. The normalized spacial score (nSPS) is 13.2. The van der Waals surface area contributed by atoms with E-state index in [0.29, 0.717) is 27.7 Å². The van der Waals surface area contributed by atoms with Crippen molar-refractivity contribution < 1.29 is 14.4 Å². The Balaban J connectivity index is 1.95. The first-order valence-corrected chi connectivity index (χ1v) is 9.60. The third kappa shape index (κ3) is 4.94. The summed E-state index contributed by atoms with van der Waals surface area (Å²) in [6, 6.07) is 14.0. The third-order valence-corrected chi connectivity index (χ3v) is 4.50. The van der Waals surface area contributed by atoms with Crippen LogP contribution in [-0.4, -0.2) is 21.8 Å². The third-order valence-electron chi connectivity index (χ3n) is 4.50. The predicted octanol–water partition coefficient (Wildman–Crippen LogP) is 3.65. The van der Waals surface area contributed by atoms with E-state index in [0.717, 1.165) is 0 Å². The van der Waals surface area contributed by atoms with Crippen molar-refractivity contribution in [2.45, 2.75) is 39.7 Å². The van der Waals surface area contributed by atoms with Gasteiger partial charge in [-0.05, 0) is 42.7 Å². The van der Waals surface area contributed by atoms with Crippen molar-refractivity contribution in [3.63, 3.8) is 0 Å². The molecule has 0 saturated heterocycles. The van der Waals surface area contributed by atoms with Gasteiger partial charge in [0.05, 0.1) is 11.1 Å². The van der Waals surface area contributed by atoms with Crippen LogP contribution in [0.2, 0.25) is 0 Å². The Morgan fingerprint density at radius 1 is 1.13 bits per heavy atom. The van der Waals surface area contributed by atoms with Gasteiger partial charge in [-0.25, -0.2) is 4.79 Å². The molecular weight excluding hydrogens is 380 g/mol. The first-order valence-electron chi connectivity index (χ1n) is 9.60. The van der Waals surface area contributed by atoms with Crippen LogP contribution < -0.4 is 10.9 Å². The number of carbonyl (C=O) groups is 1. The van der Waals surface area contributed by atoms with Crippen LogP contribution >= 0.6 is 0 Å². The van der Waals surface area contributed by atoms with Gasteiger partial charge in [-0.3, -0.25) is 4.79 Å². The lowest BCUT2D eigenvalue weighted by Crippen LogP contribution is -2.44. The number of hydrogen-bond acceptors (Lipinski definition) is 5. The number of aryl methyl sites for hydroxylation is 1. The minimum Gasteiger partial charge on any atom is -0.369 e.